The van der Waals surface area contributed by atoms with Gasteiger partial charge >= 0.3 is 8.46 Å². The minimum absolute atomic E-state index is 0.0108. The number of hydrogen-bond acceptors (Lipinski definition) is 2. The van der Waals surface area contributed by atoms with Crippen molar-refractivity contribution in [1.29, 1.82) is 0 Å². The number of hydrogen-bond donors (Lipinski definition) is 0. The number of carbonyl (C=O) groups is 1. The van der Waals surface area contributed by atoms with Gasteiger partial charge in [-0.15, -0.1) is 0 Å². The minimum Gasteiger partial charge on any atom is -0.295 e. The number of ketones is 1. The van der Waals surface area contributed by atoms with Gasteiger partial charge in [-0.3, -0.25) is 4.79 Å². The maximum atomic E-state index is 9.85. The first kappa shape index (κ1) is 5.77. The molecule has 0 spiro atoms. The molecule has 1 unspecified atom stereocenters. The van der Waals surface area contributed by atoms with Crippen molar-refractivity contribution in [3.8, 4) is 0 Å². The average molecular weight is 105 g/mol. The molecule has 0 aromatic rings. The third kappa shape index (κ3) is 3.77. The lowest BCUT2D eigenvalue weighted by Crippen LogP contribution is -1.86. The normalized spacial score (nSPS) is 8.83. The van der Waals surface area contributed by atoms with Crippen molar-refractivity contribution < 1.29 is 9.36 Å². The zero-order valence-electron chi connectivity index (χ0n) is 3.52. The lowest BCUT2D eigenvalue weighted by molar-refractivity contribution is -0.114. The lowest BCUT2D eigenvalue weighted by atomic mass is 10.5. The molecule has 6 heavy (non-hydrogen) atoms. The van der Waals surface area contributed by atoms with Crippen molar-refractivity contribution in [3.05, 3.63) is 0 Å². The zero-order valence-corrected chi connectivity index (χ0v) is 4.52. The van der Waals surface area contributed by atoms with Crippen molar-refractivity contribution >= 4 is 14.2 Å². The predicted molar refractivity (Wildman–Crippen MR) is 24.5 cm³/mol. The van der Waals surface area contributed by atoms with E-state index >= 15 is 0 Å². The van der Waals surface area contributed by atoms with E-state index in [4.69, 9.17) is 0 Å². The van der Waals surface area contributed by atoms with Crippen LogP contribution in [0.2, 0.25) is 0 Å². The van der Waals surface area contributed by atoms with Gasteiger partial charge in [0.05, 0.1) is 0 Å². The average Bonchev–Trinajstić information content (AvgIpc) is 1.35. The van der Waals surface area contributed by atoms with Gasteiger partial charge < -0.3 is 0 Å². The first-order valence-electron chi connectivity index (χ1n) is 1.62. The van der Waals surface area contributed by atoms with Gasteiger partial charge in [0.15, 0.2) is 5.78 Å². The fourth-order valence-electron chi connectivity index (χ4n) is 0.102. The molecule has 0 aliphatic carbocycles. The quantitative estimate of drug-likeness (QED) is 0.482. The van der Waals surface area contributed by atoms with Gasteiger partial charge in [0.2, 0.25) is 6.16 Å². The second-order valence-corrected chi connectivity index (χ2v) is 1.67. The Hall–Kier alpha value is -0.230. The highest BCUT2D eigenvalue weighted by molar-refractivity contribution is 7.25. The molecule has 1 atom stereocenters. The van der Waals surface area contributed by atoms with Crippen LogP contribution in [0, 0.1) is 0 Å². The van der Waals surface area contributed by atoms with Crippen LogP contribution >= 0.6 is 8.46 Å². The largest absolute Gasteiger partial charge is 0.332 e. The summed E-state index contributed by atoms with van der Waals surface area (Å²) < 4.78 is 9.55. The second-order valence-electron chi connectivity index (χ2n) is 1.02. The molecule has 0 N–H and O–H groups in total. The Morgan fingerprint density at radius 2 is 2.33 bits per heavy atom. The van der Waals surface area contributed by atoms with Gasteiger partial charge in [0.25, 0.3) is 0 Å². The molecular weight excluding hydrogens is 99.0 g/mol. The maximum absolute atomic E-state index is 9.85. The molecule has 0 saturated heterocycles. The molecule has 0 aliphatic heterocycles. The van der Waals surface area contributed by atoms with E-state index in [1.54, 1.807) is 0 Å². The molecule has 0 fully saturated rings. The molecule has 0 aromatic carbocycles. The summed E-state index contributed by atoms with van der Waals surface area (Å²) in [6, 6.07) is 0. The predicted octanol–water partition coefficient (Wildman–Crippen LogP) is 0.599. The molecule has 0 amide bonds. The molecule has 2 nitrogen and oxygen atoms in total. The van der Waals surface area contributed by atoms with Crippen molar-refractivity contribution in [2.24, 2.45) is 0 Å². The molecule has 0 radical (unpaired) electrons. The van der Waals surface area contributed by atoms with Crippen LogP contribution in [0.5, 0.6) is 0 Å². The van der Waals surface area contributed by atoms with Crippen LogP contribution in [0.15, 0.2) is 0 Å². The Morgan fingerprint density at radius 1 is 1.83 bits per heavy atom. The molecule has 3 heteroatoms. The van der Waals surface area contributed by atoms with Crippen LogP contribution in [0.1, 0.15) is 6.92 Å². The van der Waals surface area contributed by atoms with E-state index in [0.29, 0.717) is 0 Å². The van der Waals surface area contributed by atoms with Crippen LogP contribution < -0.4 is 0 Å². The SMILES string of the molecule is CC(=O)C[PH+]=O. The van der Waals surface area contributed by atoms with Gasteiger partial charge in [-0.2, -0.15) is 0 Å². The lowest BCUT2D eigenvalue weighted by Gasteiger charge is -1.63. The highest BCUT2D eigenvalue weighted by atomic mass is 31.1. The Bertz CT molecular complexity index is 69.2. The first-order chi connectivity index (χ1) is 2.77. The van der Waals surface area contributed by atoms with Crippen LogP contribution in [-0.2, 0) is 9.36 Å². The maximum Gasteiger partial charge on any atom is 0.332 e. The summed E-state index contributed by atoms with van der Waals surface area (Å²) in [5.41, 5.74) is 0. The van der Waals surface area contributed by atoms with E-state index in [1.807, 2.05) is 0 Å². The van der Waals surface area contributed by atoms with Crippen molar-refractivity contribution in [2.75, 3.05) is 6.16 Å². The van der Waals surface area contributed by atoms with Crippen LogP contribution in [0.4, 0.5) is 0 Å². The van der Waals surface area contributed by atoms with Gasteiger partial charge in [-0.25, -0.2) is 0 Å². The highest BCUT2D eigenvalue weighted by Crippen LogP contribution is 1.87. The fraction of sp³-hybridized carbons (Fsp3) is 0.667. The van der Waals surface area contributed by atoms with E-state index in [-0.39, 0.29) is 11.9 Å². The minimum atomic E-state index is -0.461. The van der Waals surface area contributed by atoms with E-state index in [9.17, 15) is 9.36 Å². The zero-order chi connectivity index (χ0) is 4.99. The Morgan fingerprint density at radius 3 is 2.33 bits per heavy atom. The summed E-state index contributed by atoms with van der Waals surface area (Å²) >= 11 is 0. The van der Waals surface area contributed by atoms with Gasteiger partial charge in [0, 0.05) is 0 Å². The molecule has 0 aromatic heterocycles. The van der Waals surface area contributed by atoms with Gasteiger partial charge in [0.1, 0.15) is 0 Å². The number of rotatable bonds is 2. The van der Waals surface area contributed by atoms with E-state index < -0.39 is 8.46 Å². The molecule has 0 bridgehead atoms. The van der Waals surface area contributed by atoms with E-state index in [1.165, 1.54) is 6.92 Å². The highest BCUT2D eigenvalue weighted by Gasteiger charge is 1.93. The molecule has 0 rings (SSSR count). The number of carbonyl (C=O) groups excluding carboxylic acids is 1. The third-order valence-corrected chi connectivity index (χ3v) is 0.963. The molecule has 0 saturated carbocycles. The second kappa shape index (κ2) is 2.98. The summed E-state index contributed by atoms with van der Waals surface area (Å²) in [4.78, 5) is 9.85. The van der Waals surface area contributed by atoms with Crippen molar-refractivity contribution in [2.45, 2.75) is 6.92 Å². The Labute approximate surface area is 37.8 Å². The first-order valence-corrected chi connectivity index (χ1v) is 2.73. The summed E-state index contributed by atoms with van der Waals surface area (Å²) in [7, 11) is -0.461. The third-order valence-electron chi connectivity index (χ3n) is 0.321. The van der Waals surface area contributed by atoms with Crippen molar-refractivity contribution in [1.82, 2.24) is 0 Å². The number of Topliss-reactive ketones (excluding diaryl/α,β-unsaturated/α-hetero) is 1. The summed E-state index contributed by atoms with van der Waals surface area (Å²) in [6.45, 7) is 1.42. The molecular formula is C3H6O2P+. The van der Waals surface area contributed by atoms with Crippen LogP contribution in [0.25, 0.3) is 0 Å². The van der Waals surface area contributed by atoms with Crippen LogP contribution in [0.3, 0.4) is 0 Å². The standard InChI is InChI=1S/C3H5O2P/c1-3(4)2-6-5/h2H2,1H3/p+1. The Kier molecular flexibility index (Phi) is 2.87. The van der Waals surface area contributed by atoms with E-state index in [0.717, 1.165) is 0 Å². The van der Waals surface area contributed by atoms with Crippen LogP contribution in [-0.4, -0.2) is 11.9 Å². The summed E-state index contributed by atoms with van der Waals surface area (Å²) in [6.07, 6.45) is 0.208. The van der Waals surface area contributed by atoms with Gasteiger partial charge in [-0.1, -0.05) is 4.57 Å². The topological polar surface area (TPSA) is 34.1 Å². The smallest absolute Gasteiger partial charge is 0.295 e. The summed E-state index contributed by atoms with van der Waals surface area (Å²) in [5.74, 6) is -0.0108. The fourth-order valence-corrected chi connectivity index (χ4v) is 0.305. The monoisotopic (exact) mass is 105 g/mol. The molecule has 34 valence electrons. The van der Waals surface area contributed by atoms with E-state index in [2.05, 4.69) is 0 Å². The summed E-state index contributed by atoms with van der Waals surface area (Å²) in [5, 5.41) is 0. The Balaban J connectivity index is 3.05. The van der Waals surface area contributed by atoms with Crippen molar-refractivity contribution in [3.63, 3.8) is 0 Å². The molecule has 0 heterocycles. The van der Waals surface area contributed by atoms with Gasteiger partial charge in [-0.05, 0) is 6.92 Å². The molecule has 0 aliphatic rings.